The molecule has 1 aromatic rings. The fraction of sp³-hybridized carbons (Fsp3) is 0.500. The molecule has 0 saturated carbocycles. The highest BCUT2D eigenvalue weighted by molar-refractivity contribution is 7.14. The summed E-state index contributed by atoms with van der Waals surface area (Å²) < 4.78 is 5.01. The summed E-state index contributed by atoms with van der Waals surface area (Å²) in [5.74, 6) is -0.197. The van der Waals surface area contributed by atoms with Crippen molar-refractivity contribution in [3.8, 4) is 0 Å². The Morgan fingerprint density at radius 1 is 1.33 bits per heavy atom. The molecular weight excluding hydrogens is 295 g/mol. The van der Waals surface area contributed by atoms with Gasteiger partial charge in [-0.1, -0.05) is 0 Å². The zero-order valence-corrected chi connectivity index (χ0v) is 12.9. The van der Waals surface area contributed by atoms with Crippen LogP contribution >= 0.6 is 34.5 Å². The van der Waals surface area contributed by atoms with Crippen molar-refractivity contribution in [2.24, 2.45) is 0 Å². The summed E-state index contributed by atoms with van der Waals surface area (Å²) in [6.45, 7) is 4.78. The molecule has 1 rings (SSSR count). The minimum atomic E-state index is -0.272. The molecular formula is C12H16Cl2O3S. The van der Waals surface area contributed by atoms with Gasteiger partial charge in [-0.15, -0.1) is 34.5 Å². The van der Waals surface area contributed by atoms with E-state index in [9.17, 15) is 9.59 Å². The number of esters is 1. The first-order chi connectivity index (χ1) is 8.40. The van der Waals surface area contributed by atoms with Crippen molar-refractivity contribution >= 4 is 46.3 Å². The van der Waals surface area contributed by atoms with Crippen LogP contribution in [0.25, 0.3) is 0 Å². The molecule has 0 aromatic carbocycles. The van der Waals surface area contributed by atoms with Crippen LogP contribution in [0.3, 0.4) is 0 Å². The molecule has 0 bridgehead atoms. The molecule has 1 atom stereocenters. The van der Waals surface area contributed by atoms with Gasteiger partial charge in [0.2, 0.25) is 0 Å². The summed E-state index contributed by atoms with van der Waals surface area (Å²) >= 11 is 11.0. The molecule has 1 unspecified atom stereocenters. The molecule has 0 aliphatic carbocycles. The van der Waals surface area contributed by atoms with Gasteiger partial charge in [-0.2, -0.15) is 0 Å². The predicted molar refractivity (Wildman–Crippen MR) is 75.8 cm³/mol. The summed E-state index contributed by atoms with van der Waals surface area (Å²) in [7, 11) is 0. The van der Waals surface area contributed by atoms with Crippen LogP contribution in [-0.2, 0) is 16.0 Å². The topological polar surface area (TPSA) is 43.4 Å². The lowest BCUT2D eigenvalue weighted by atomic mass is 10.2. The summed E-state index contributed by atoms with van der Waals surface area (Å²) in [6, 6.07) is 3.71. The lowest BCUT2D eigenvalue weighted by Crippen LogP contribution is -2.14. The third kappa shape index (κ3) is 7.69. The summed E-state index contributed by atoms with van der Waals surface area (Å²) in [5.41, 5.74) is 0. The van der Waals surface area contributed by atoms with E-state index in [1.54, 1.807) is 6.92 Å². The first-order valence-corrected chi connectivity index (χ1v) is 7.18. The molecule has 0 radical (unpaired) electrons. The van der Waals surface area contributed by atoms with E-state index in [1.807, 2.05) is 19.1 Å². The number of rotatable bonds is 4. The number of carbonyl (C=O) groups is 2. The number of halogens is 2. The molecule has 1 heterocycles. The average Bonchev–Trinajstić information content (AvgIpc) is 2.65. The molecule has 0 aliphatic rings. The minimum absolute atomic E-state index is 0.0754. The quantitative estimate of drug-likeness (QED) is 0.482. The second-order valence-electron chi connectivity index (χ2n) is 3.55. The molecule has 0 N–H and O–H groups in total. The van der Waals surface area contributed by atoms with E-state index in [1.165, 1.54) is 18.3 Å². The Labute approximate surface area is 121 Å². The van der Waals surface area contributed by atoms with E-state index >= 15 is 0 Å². The molecule has 102 valence electrons. The first-order valence-electron chi connectivity index (χ1n) is 5.29. The summed E-state index contributed by atoms with van der Waals surface area (Å²) in [6.07, 6.45) is 0.526. The lowest BCUT2D eigenvalue weighted by Gasteiger charge is -2.09. The van der Waals surface area contributed by atoms with Gasteiger partial charge in [-0.3, -0.25) is 9.59 Å². The van der Waals surface area contributed by atoms with Gasteiger partial charge in [0.25, 0.3) is 0 Å². The molecule has 0 fully saturated rings. The van der Waals surface area contributed by atoms with Crippen molar-refractivity contribution in [1.82, 2.24) is 0 Å². The fourth-order valence-corrected chi connectivity index (χ4v) is 2.30. The molecule has 0 amide bonds. The third-order valence-corrected chi connectivity index (χ3v) is 3.07. The number of ketones is 1. The average molecular weight is 311 g/mol. The van der Waals surface area contributed by atoms with Crippen LogP contribution in [0.5, 0.6) is 0 Å². The zero-order chi connectivity index (χ0) is 14.1. The van der Waals surface area contributed by atoms with Crippen LogP contribution in [0.1, 0.15) is 35.3 Å². The molecule has 18 heavy (non-hydrogen) atoms. The highest BCUT2D eigenvalue weighted by atomic mass is 35.5. The third-order valence-electron chi connectivity index (χ3n) is 1.86. The monoisotopic (exact) mass is 310 g/mol. The van der Waals surface area contributed by atoms with Crippen molar-refractivity contribution in [1.29, 1.82) is 0 Å². The summed E-state index contributed by atoms with van der Waals surface area (Å²) in [4.78, 5) is 23.5. The van der Waals surface area contributed by atoms with Gasteiger partial charge >= 0.3 is 5.97 Å². The maximum Gasteiger partial charge on any atom is 0.302 e. The van der Waals surface area contributed by atoms with Crippen LogP contribution < -0.4 is 0 Å². The number of alkyl halides is 2. The van der Waals surface area contributed by atoms with E-state index in [0.29, 0.717) is 6.42 Å². The van der Waals surface area contributed by atoms with Gasteiger partial charge in [0.05, 0.1) is 10.2 Å². The molecule has 0 spiro atoms. The Morgan fingerprint density at radius 2 is 1.89 bits per heavy atom. The Bertz CT molecular complexity index is 390. The summed E-state index contributed by atoms with van der Waals surface area (Å²) in [5, 5.41) is 0.194. The highest BCUT2D eigenvalue weighted by Crippen LogP contribution is 2.19. The van der Waals surface area contributed by atoms with Crippen LogP contribution in [0, 0.1) is 0 Å². The predicted octanol–water partition coefficient (Wildman–Crippen LogP) is 3.87. The normalized spacial score (nSPS) is 11.2. The first kappa shape index (κ1) is 17.4. The second kappa shape index (κ2) is 9.36. The number of thiophene rings is 1. The van der Waals surface area contributed by atoms with E-state index in [0.717, 1.165) is 9.75 Å². The van der Waals surface area contributed by atoms with Crippen molar-refractivity contribution < 1.29 is 14.3 Å². The number of ether oxygens (including phenoxy) is 1. The fourth-order valence-electron chi connectivity index (χ4n) is 1.29. The van der Waals surface area contributed by atoms with Crippen molar-refractivity contribution in [3.63, 3.8) is 0 Å². The molecule has 1 aromatic heterocycles. The number of hydrogen-bond acceptors (Lipinski definition) is 4. The van der Waals surface area contributed by atoms with Crippen molar-refractivity contribution in [3.05, 3.63) is 21.9 Å². The standard InChI is InChI=1S/C11H14O3S.CH2Cl2/c1-7(14-9(3)13)6-10-4-5-11(15-10)8(2)12;2-1-3/h4-5,7H,6H2,1-3H3;1H2. The molecule has 0 aliphatic heterocycles. The van der Waals surface area contributed by atoms with Gasteiger partial charge < -0.3 is 4.74 Å². The van der Waals surface area contributed by atoms with Gasteiger partial charge in [-0.25, -0.2) is 0 Å². The lowest BCUT2D eigenvalue weighted by molar-refractivity contribution is -0.145. The molecule has 6 heteroatoms. The van der Waals surface area contributed by atoms with Crippen molar-refractivity contribution in [2.75, 3.05) is 5.34 Å². The Morgan fingerprint density at radius 3 is 2.28 bits per heavy atom. The number of Topliss-reactive ketones (excluding diaryl/α,β-unsaturated/α-hetero) is 1. The van der Waals surface area contributed by atoms with Crippen LogP contribution in [-0.4, -0.2) is 23.2 Å². The number of hydrogen-bond donors (Lipinski definition) is 0. The largest absolute Gasteiger partial charge is 0.462 e. The Balaban J connectivity index is 0.000000873. The van der Waals surface area contributed by atoms with Gasteiger partial charge in [0.15, 0.2) is 5.78 Å². The van der Waals surface area contributed by atoms with Gasteiger partial charge in [0, 0.05) is 18.2 Å². The van der Waals surface area contributed by atoms with E-state index in [4.69, 9.17) is 27.9 Å². The Kier molecular flexibility index (Phi) is 9.06. The maximum absolute atomic E-state index is 11.0. The van der Waals surface area contributed by atoms with Gasteiger partial charge in [-0.05, 0) is 26.0 Å². The minimum Gasteiger partial charge on any atom is -0.462 e. The highest BCUT2D eigenvalue weighted by Gasteiger charge is 2.10. The van der Waals surface area contributed by atoms with E-state index in [2.05, 4.69) is 0 Å². The smallest absolute Gasteiger partial charge is 0.302 e. The van der Waals surface area contributed by atoms with E-state index < -0.39 is 0 Å². The maximum atomic E-state index is 11.0. The van der Waals surface area contributed by atoms with Crippen molar-refractivity contribution in [2.45, 2.75) is 33.3 Å². The Hall–Kier alpha value is -0.580. The second-order valence-corrected chi connectivity index (χ2v) is 5.52. The molecule has 3 nitrogen and oxygen atoms in total. The van der Waals surface area contributed by atoms with Crippen LogP contribution in [0.15, 0.2) is 12.1 Å². The number of carbonyl (C=O) groups excluding carboxylic acids is 2. The zero-order valence-electron chi connectivity index (χ0n) is 10.5. The molecule has 0 saturated heterocycles. The SMILES string of the molecule is CC(=O)OC(C)Cc1ccc(C(C)=O)s1.ClCCl. The van der Waals surface area contributed by atoms with Crippen LogP contribution in [0.4, 0.5) is 0 Å². The van der Waals surface area contributed by atoms with Crippen LogP contribution in [0.2, 0.25) is 0 Å². The van der Waals surface area contributed by atoms with Gasteiger partial charge in [0.1, 0.15) is 6.10 Å². The van der Waals surface area contributed by atoms with E-state index in [-0.39, 0.29) is 23.2 Å².